The molecular weight excluding hydrogens is 997 g/mol. The predicted octanol–water partition coefficient (Wildman–Crippen LogP) is 14.0. The third-order valence-electron chi connectivity index (χ3n) is 11.0. The molecule has 0 aliphatic heterocycles. The zero-order valence-corrected chi connectivity index (χ0v) is 40.0. The molecule has 0 unspecified atom stereocenters. The first-order chi connectivity index (χ1) is 31.0. The summed E-state index contributed by atoms with van der Waals surface area (Å²) in [5.74, 6) is 6.96. The molecule has 4 aromatic heterocycles. The number of hydrogen-bond donors (Lipinski definition) is 0. The van der Waals surface area contributed by atoms with Gasteiger partial charge in [-0.25, -0.2) is 4.98 Å². The summed E-state index contributed by atoms with van der Waals surface area (Å²) in [7, 11) is 0. The maximum absolute atomic E-state index is 8.49. The second-order valence-electron chi connectivity index (χ2n) is 16.6. The second kappa shape index (κ2) is 17.8. The van der Waals surface area contributed by atoms with Gasteiger partial charge in [0.1, 0.15) is 0 Å². The fourth-order valence-electron chi connectivity index (χ4n) is 7.91. The largest absolute Gasteiger partial charge is 0 e. The molecule has 5 nitrogen and oxygen atoms in total. The molecule has 10 aromatic rings. The van der Waals surface area contributed by atoms with Gasteiger partial charge in [0, 0.05) is 42.4 Å². The Kier molecular flexibility index (Phi) is 10.9. The molecule has 0 aliphatic rings. The summed E-state index contributed by atoms with van der Waals surface area (Å²) in [6.45, 7) is 3.64. The van der Waals surface area contributed by atoms with Crippen molar-refractivity contribution in [3.05, 3.63) is 187 Å². The summed E-state index contributed by atoms with van der Waals surface area (Å²) in [6.07, 6.45) is 1.91. The van der Waals surface area contributed by atoms with Crippen LogP contribution in [0.15, 0.2) is 162 Å². The first-order valence-corrected chi connectivity index (χ1v) is 27.9. The molecular formula is C55H48GeIrN4O-2. The second-order valence-corrected chi connectivity index (χ2v) is 27.2. The van der Waals surface area contributed by atoms with Crippen LogP contribution in [0.5, 0.6) is 0 Å². The van der Waals surface area contributed by atoms with E-state index in [0.717, 1.165) is 83.7 Å². The van der Waals surface area contributed by atoms with Gasteiger partial charge in [-0.3, -0.25) is 4.98 Å². The number of furan rings is 1. The van der Waals surface area contributed by atoms with Gasteiger partial charge in [0.05, 0.1) is 22.4 Å². The van der Waals surface area contributed by atoms with Crippen LogP contribution in [-0.4, -0.2) is 32.8 Å². The van der Waals surface area contributed by atoms with E-state index in [2.05, 4.69) is 141 Å². The number of hydrogen-bond acceptors (Lipinski definition) is 4. The first-order valence-electron chi connectivity index (χ1n) is 22.5. The molecule has 0 saturated carbocycles. The molecule has 4 heterocycles. The van der Waals surface area contributed by atoms with Crippen molar-refractivity contribution in [3.8, 4) is 50.6 Å². The summed E-state index contributed by atoms with van der Waals surface area (Å²) in [6, 6.07) is 57.3. The number of benzene rings is 6. The van der Waals surface area contributed by atoms with Crippen LogP contribution in [0, 0.1) is 25.9 Å². The van der Waals surface area contributed by atoms with Gasteiger partial charge in [0.25, 0.3) is 0 Å². The van der Waals surface area contributed by atoms with E-state index in [-0.39, 0.29) is 25.7 Å². The number of nitrogens with zero attached hydrogens (tertiary/aromatic N) is 4. The monoisotopic (exact) mass is 1050 g/mol. The Morgan fingerprint density at radius 2 is 1.48 bits per heavy atom. The summed E-state index contributed by atoms with van der Waals surface area (Å²) in [4.78, 5) is 14.4. The average Bonchev–Trinajstić information content (AvgIpc) is 3.87. The van der Waals surface area contributed by atoms with Crippen molar-refractivity contribution < 1.29 is 30.0 Å². The average molecular weight is 1050 g/mol. The van der Waals surface area contributed by atoms with Gasteiger partial charge in [-0.2, -0.15) is 0 Å². The number of aromatic nitrogens is 4. The van der Waals surface area contributed by atoms with E-state index in [1.165, 1.54) is 16.0 Å². The molecule has 0 amide bonds. The number of imidazole rings is 1. The Hall–Kier alpha value is -5.92. The summed E-state index contributed by atoms with van der Waals surface area (Å²) in [5.41, 5.74) is 13.4. The van der Waals surface area contributed by atoms with Crippen LogP contribution in [0.25, 0.3) is 83.7 Å². The van der Waals surface area contributed by atoms with Gasteiger partial charge in [-0.15, -0.1) is 18.2 Å². The van der Waals surface area contributed by atoms with Gasteiger partial charge in [0.2, 0.25) is 5.71 Å². The number of fused-ring (bicyclic) bond motifs is 4. The standard InChI is InChI=1S/C37H24N3O.C18H24GeN.Ir/c1-24-19-21-29-28-15-10-16-30(35(28)41-37(29)38-24)36-39-32-17-8-9-18-34(32)40(36)33-22-20-27(25-11-4-2-5-12-25)23-31(33)26-13-6-3-7-14-26;1-13(2)16-11-18(15-9-7-14(3)8-10-15)20-12-17(16)19(4,5)6;/h2-15,17-23H,1H3;7-9,11-13H,1-6H3;/q2*-1;/i;3D3,13D;. The van der Waals surface area contributed by atoms with Crippen LogP contribution >= 0.6 is 0 Å². The Bertz CT molecular complexity index is 3340. The van der Waals surface area contributed by atoms with Crippen molar-refractivity contribution >= 4 is 50.8 Å². The van der Waals surface area contributed by atoms with Gasteiger partial charge in [-0.1, -0.05) is 89.8 Å². The van der Waals surface area contributed by atoms with Crippen molar-refractivity contribution in [3.63, 3.8) is 0 Å². The van der Waals surface area contributed by atoms with Crippen LogP contribution in [-0.2, 0) is 20.1 Å². The number of aryl methyl sites for hydroxylation is 2. The van der Waals surface area contributed by atoms with Crippen molar-refractivity contribution in [2.24, 2.45) is 0 Å². The van der Waals surface area contributed by atoms with Crippen LogP contribution in [0.4, 0.5) is 0 Å². The minimum atomic E-state index is -2.14. The van der Waals surface area contributed by atoms with Gasteiger partial charge in [0.15, 0.2) is 0 Å². The SMILES string of the molecule is Cc1ccc2c(n1)oc1c(-c3nc4ccccc4n3-c3ccc(-c4ccccc4)cc3-c3ccccc3)[c-]ccc12.[2H]C([2H])([2H])c1c[c-]c(-c2cc(C([2H])(C)C)[c]([Ge]([CH3])([CH3])[CH3])cn2)cc1.[Ir]. The van der Waals surface area contributed by atoms with Gasteiger partial charge >= 0.3 is 131 Å². The fraction of sp³-hybridized carbons (Fsp3) is 0.145. The molecule has 6 aromatic carbocycles. The van der Waals surface area contributed by atoms with Crippen molar-refractivity contribution in [2.75, 3.05) is 0 Å². The molecule has 309 valence electrons. The maximum atomic E-state index is 8.49. The zero-order chi connectivity index (χ0) is 45.7. The van der Waals surface area contributed by atoms with Crippen LogP contribution in [0.1, 0.15) is 42.0 Å². The quantitative estimate of drug-likeness (QED) is 0.118. The van der Waals surface area contributed by atoms with E-state index in [4.69, 9.17) is 14.9 Å². The van der Waals surface area contributed by atoms with E-state index >= 15 is 0 Å². The Labute approximate surface area is 386 Å². The normalized spacial score (nSPS) is 12.8. The maximum Gasteiger partial charge on any atom is 0 e. The summed E-state index contributed by atoms with van der Waals surface area (Å²) < 4.78 is 40.7. The third kappa shape index (κ3) is 8.48. The van der Waals surface area contributed by atoms with E-state index in [9.17, 15) is 0 Å². The van der Waals surface area contributed by atoms with Crippen molar-refractivity contribution in [1.82, 2.24) is 19.5 Å². The predicted molar refractivity (Wildman–Crippen MR) is 256 cm³/mol. The smallest absolute Gasteiger partial charge is 0 e. The number of para-hydroxylation sites is 2. The summed E-state index contributed by atoms with van der Waals surface area (Å²) in [5, 5.41) is 1.99. The molecule has 0 aliphatic carbocycles. The van der Waals surface area contributed by atoms with Crippen LogP contribution in [0.2, 0.25) is 17.3 Å². The first kappa shape index (κ1) is 37.8. The molecule has 0 saturated heterocycles. The number of pyridine rings is 2. The van der Waals surface area contributed by atoms with Crippen molar-refractivity contribution in [2.45, 2.75) is 50.8 Å². The zero-order valence-electron chi connectivity index (χ0n) is 39.5. The third-order valence-corrected chi connectivity index (χ3v) is 15.2. The summed E-state index contributed by atoms with van der Waals surface area (Å²) >= 11 is -2.14. The molecule has 0 atom stereocenters. The Balaban J connectivity index is 0.000000204. The molecule has 62 heavy (non-hydrogen) atoms. The van der Waals surface area contributed by atoms with E-state index < -0.39 is 26.0 Å². The van der Waals surface area contributed by atoms with E-state index in [1.54, 1.807) is 12.1 Å². The molecule has 10 rings (SSSR count). The minimum absolute atomic E-state index is 0. The molecule has 0 bridgehead atoms. The molecule has 0 N–H and O–H groups in total. The molecule has 0 spiro atoms. The minimum Gasteiger partial charge on any atom is 0 e. The van der Waals surface area contributed by atoms with Crippen LogP contribution in [0.3, 0.4) is 0 Å². The van der Waals surface area contributed by atoms with Gasteiger partial charge in [-0.05, 0) is 60.0 Å². The number of rotatable bonds is 7. The van der Waals surface area contributed by atoms with E-state index in [1.807, 2.05) is 63.4 Å². The van der Waals surface area contributed by atoms with E-state index in [0.29, 0.717) is 5.71 Å². The van der Waals surface area contributed by atoms with Gasteiger partial charge < -0.3 is 8.98 Å². The Morgan fingerprint density at radius 1 is 0.742 bits per heavy atom. The van der Waals surface area contributed by atoms with Crippen LogP contribution < -0.4 is 4.40 Å². The molecule has 1 radical (unpaired) electrons. The Morgan fingerprint density at radius 3 is 2.19 bits per heavy atom. The molecule has 7 heteroatoms. The fourth-order valence-corrected chi connectivity index (χ4v) is 11.2. The molecule has 0 fully saturated rings. The van der Waals surface area contributed by atoms with Crippen molar-refractivity contribution in [1.29, 1.82) is 0 Å². The topological polar surface area (TPSA) is 56.7 Å².